The summed E-state index contributed by atoms with van der Waals surface area (Å²) >= 11 is 0. The Balaban J connectivity index is 1.37. The highest BCUT2D eigenvalue weighted by Gasteiger charge is 2.29. The second-order valence-corrected chi connectivity index (χ2v) is 9.22. The van der Waals surface area contributed by atoms with Gasteiger partial charge in [0.05, 0.1) is 13.2 Å². The number of hydrogen-bond donors (Lipinski definition) is 1. The minimum atomic E-state index is -0.311. The molecule has 2 aromatic rings. The van der Waals surface area contributed by atoms with Crippen molar-refractivity contribution in [1.82, 2.24) is 14.9 Å². The highest BCUT2D eigenvalue weighted by molar-refractivity contribution is 5.58. The molecule has 1 aromatic carbocycles. The third kappa shape index (κ3) is 4.89. The summed E-state index contributed by atoms with van der Waals surface area (Å²) in [4.78, 5) is 20.4. The van der Waals surface area contributed by atoms with Crippen LogP contribution >= 0.6 is 0 Å². The monoisotopic (exact) mass is 470 g/mol. The molecule has 0 aliphatic carbocycles. The van der Waals surface area contributed by atoms with Crippen molar-refractivity contribution in [2.24, 2.45) is 5.73 Å². The molecule has 34 heavy (non-hydrogen) atoms. The number of likely N-dealkylation sites (N-methyl/N-ethyl adjacent to an activating group) is 1. The van der Waals surface area contributed by atoms with Gasteiger partial charge in [0, 0.05) is 77.7 Å². The minimum absolute atomic E-state index is 0.311. The normalized spacial score (nSPS) is 20.2. The number of piperazine rings is 2. The molecule has 3 aliphatic rings. The van der Waals surface area contributed by atoms with Crippen LogP contribution in [-0.4, -0.2) is 101 Å². The number of hydrogen-bond acceptors (Lipinski definition) is 9. The van der Waals surface area contributed by atoms with Crippen LogP contribution in [0, 0.1) is 5.82 Å². The van der Waals surface area contributed by atoms with Crippen LogP contribution in [0.4, 0.5) is 27.7 Å². The number of ether oxygens (including phenoxy) is 1. The first-order valence-corrected chi connectivity index (χ1v) is 12.2. The maximum Gasteiger partial charge on any atom is 0.229 e. The molecule has 184 valence electrons. The Morgan fingerprint density at radius 2 is 1.29 bits per heavy atom. The molecular formula is C24H35FN8O. The molecule has 5 rings (SSSR count). The van der Waals surface area contributed by atoms with Crippen LogP contribution in [-0.2, 0) is 11.3 Å². The van der Waals surface area contributed by atoms with E-state index in [0.29, 0.717) is 50.4 Å². The van der Waals surface area contributed by atoms with Crippen LogP contribution in [0.1, 0.15) is 5.56 Å². The van der Waals surface area contributed by atoms with Crippen molar-refractivity contribution >= 4 is 23.3 Å². The van der Waals surface area contributed by atoms with Gasteiger partial charge in [0.1, 0.15) is 0 Å². The van der Waals surface area contributed by atoms with E-state index >= 15 is 4.39 Å². The summed E-state index contributed by atoms with van der Waals surface area (Å²) in [6.07, 6.45) is 0. The fourth-order valence-corrected chi connectivity index (χ4v) is 4.77. The van der Waals surface area contributed by atoms with E-state index in [2.05, 4.69) is 50.9 Å². The van der Waals surface area contributed by atoms with Crippen molar-refractivity contribution in [1.29, 1.82) is 0 Å². The second-order valence-electron chi connectivity index (χ2n) is 9.22. The van der Waals surface area contributed by atoms with Gasteiger partial charge < -0.3 is 35.0 Å². The van der Waals surface area contributed by atoms with Crippen LogP contribution in [0.3, 0.4) is 0 Å². The summed E-state index contributed by atoms with van der Waals surface area (Å²) in [6.45, 7) is 9.62. The summed E-state index contributed by atoms with van der Waals surface area (Å²) in [7, 11) is 2.10. The van der Waals surface area contributed by atoms with E-state index < -0.39 is 0 Å². The maximum absolute atomic E-state index is 15.7. The summed E-state index contributed by atoms with van der Waals surface area (Å²) in [5.41, 5.74) is 8.07. The molecule has 2 N–H and O–H groups in total. The molecule has 0 amide bonds. The Morgan fingerprint density at radius 1 is 0.765 bits per heavy atom. The van der Waals surface area contributed by atoms with Gasteiger partial charge in [0.2, 0.25) is 11.8 Å². The van der Waals surface area contributed by atoms with Crippen molar-refractivity contribution in [2.75, 3.05) is 105 Å². The first-order chi connectivity index (χ1) is 16.6. The zero-order valence-corrected chi connectivity index (χ0v) is 20.0. The topological polar surface area (TPSA) is 77.2 Å². The van der Waals surface area contributed by atoms with Crippen molar-refractivity contribution in [3.63, 3.8) is 0 Å². The number of aromatic nitrogens is 2. The lowest BCUT2D eigenvalue weighted by atomic mass is 10.2. The van der Waals surface area contributed by atoms with Gasteiger partial charge in [0.15, 0.2) is 11.6 Å². The van der Waals surface area contributed by atoms with Gasteiger partial charge in [-0.15, -0.1) is 0 Å². The highest BCUT2D eigenvalue weighted by atomic mass is 19.1. The third-order valence-electron chi connectivity index (χ3n) is 7.02. The molecule has 3 aliphatic heterocycles. The second kappa shape index (κ2) is 10.3. The number of nitrogens with zero attached hydrogens (tertiary/aromatic N) is 7. The van der Waals surface area contributed by atoms with Crippen LogP contribution < -0.4 is 25.3 Å². The molecule has 4 heterocycles. The van der Waals surface area contributed by atoms with Crippen LogP contribution in [0.25, 0.3) is 0 Å². The smallest absolute Gasteiger partial charge is 0.229 e. The van der Waals surface area contributed by atoms with Gasteiger partial charge in [-0.05, 0) is 24.7 Å². The third-order valence-corrected chi connectivity index (χ3v) is 7.02. The molecule has 0 bridgehead atoms. The molecule has 0 spiro atoms. The number of nitrogens with two attached hydrogens (primary N) is 1. The molecule has 0 atom stereocenters. The zero-order chi connectivity index (χ0) is 23.5. The molecule has 10 heteroatoms. The average Bonchev–Trinajstić information content (AvgIpc) is 2.90. The predicted octanol–water partition coefficient (Wildman–Crippen LogP) is 0.989. The van der Waals surface area contributed by atoms with E-state index in [4.69, 9.17) is 20.4 Å². The predicted molar refractivity (Wildman–Crippen MR) is 133 cm³/mol. The fourth-order valence-electron chi connectivity index (χ4n) is 4.77. The number of halogens is 1. The van der Waals surface area contributed by atoms with Gasteiger partial charge >= 0.3 is 0 Å². The van der Waals surface area contributed by atoms with Gasteiger partial charge in [-0.2, -0.15) is 14.4 Å². The largest absolute Gasteiger partial charge is 0.378 e. The van der Waals surface area contributed by atoms with Crippen molar-refractivity contribution in [3.05, 3.63) is 35.6 Å². The quantitative estimate of drug-likeness (QED) is 0.688. The molecule has 1 aromatic heterocycles. The first kappa shape index (κ1) is 23.1. The van der Waals surface area contributed by atoms with Gasteiger partial charge in [-0.1, -0.05) is 12.1 Å². The van der Waals surface area contributed by atoms with Crippen LogP contribution in [0.15, 0.2) is 24.3 Å². The van der Waals surface area contributed by atoms with E-state index in [9.17, 15) is 0 Å². The fraction of sp³-hybridized carbons (Fsp3) is 0.583. The lowest BCUT2D eigenvalue weighted by Gasteiger charge is -2.38. The summed E-state index contributed by atoms with van der Waals surface area (Å²) < 4.78 is 21.2. The Morgan fingerprint density at radius 3 is 1.88 bits per heavy atom. The Kier molecular flexibility index (Phi) is 6.98. The number of anilines is 4. The van der Waals surface area contributed by atoms with E-state index in [-0.39, 0.29) is 5.82 Å². The molecule has 0 radical (unpaired) electrons. The zero-order valence-electron chi connectivity index (χ0n) is 20.0. The number of morpholine rings is 1. The SMILES string of the molecule is CN1CCN(c2nc(N3CCN(c4ccc(CN)cc4)CC3)nc(N3CCOCC3)c2F)CC1. The van der Waals surface area contributed by atoms with Gasteiger partial charge in [0.25, 0.3) is 0 Å². The first-order valence-electron chi connectivity index (χ1n) is 12.2. The van der Waals surface area contributed by atoms with E-state index in [1.807, 2.05) is 4.90 Å². The molecule has 9 nitrogen and oxygen atoms in total. The average molecular weight is 471 g/mol. The lowest BCUT2D eigenvalue weighted by Crippen LogP contribution is -2.48. The summed E-state index contributed by atoms with van der Waals surface area (Å²) in [6, 6.07) is 8.44. The lowest BCUT2D eigenvalue weighted by molar-refractivity contribution is 0.122. The molecule has 3 fully saturated rings. The van der Waals surface area contributed by atoms with Crippen LogP contribution in [0.2, 0.25) is 0 Å². The Hall–Kier alpha value is -2.69. The van der Waals surface area contributed by atoms with E-state index in [1.54, 1.807) is 0 Å². The van der Waals surface area contributed by atoms with Gasteiger partial charge in [-0.3, -0.25) is 0 Å². The highest BCUT2D eigenvalue weighted by Crippen LogP contribution is 2.30. The van der Waals surface area contributed by atoms with Gasteiger partial charge in [-0.25, -0.2) is 0 Å². The van der Waals surface area contributed by atoms with E-state index in [0.717, 1.165) is 57.9 Å². The number of benzene rings is 1. The molecular weight excluding hydrogens is 435 g/mol. The van der Waals surface area contributed by atoms with E-state index in [1.165, 1.54) is 5.69 Å². The summed E-state index contributed by atoms with van der Waals surface area (Å²) in [5.74, 6) is 1.14. The molecule has 0 unspecified atom stereocenters. The maximum atomic E-state index is 15.7. The molecule has 3 saturated heterocycles. The standard InChI is InChI=1S/C24H35FN8O/c1-29-6-8-31(9-7-29)22-21(25)23(32-14-16-34-17-15-32)28-24(27-22)33-12-10-30(11-13-33)20-4-2-19(18-26)3-5-20/h2-5H,6-18,26H2,1H3. The Labute approximate surface area is 200 Å². The minimum Gasteiger partial charge on any atom is -0.378 e. The Bertz CT molecular complexity index is 952. The van der Waals surface area contributed by atoms with Crippen molar-refractivity contribution in [3.8, 4) is 0 Å². The van der Waals surface area contributed by atoms with Crippen molar-refractivity contribution in [2.45, 2.75) is 6.54 Å². The number of rotatable bonds is 5. The van der Waals surface area contributed by atoms with Crippen LogP contribution in [0.5, 0.6) is 0 Å². The van der Waals surface area contributed by atoms with Crippen molar-refractivity contribution < 1.29 is 9.13 Å². The molecule has 0 saturated carbocycles. The summed E-state index contributed by atoms with van der Waals surface area (Å²) in [5, 5.41) is 0.